The Kier molecular flexibility index (Phi) is 19.6. The summed E-state index contributed by atoms with van der Waals surface area (Å²) in [5.41, 5.74) is 12.2. The molecule has 0 saturated carbocycles. The van der Waals surface area contributed by atoms with Crippen LogP contribution >= 0.6 is 0 Å². The van der Waals surface area contributed by atoms with Crippen LogP contribution in [0, 0.1) is 5.92 Å². The minimum Gasteiger partial charge on any atom is -0.493 e. The first kappa shape index (κ1) is 60.1. The second kappa shape index (κ2) is 27.7. The van der Waals surface area contributed by atoms with Crippen molar-refractivity contribution in [2.75, 3.05) is 59.0 Å². The molecule has 4 atom stereocenters. The molecule has 23 nitrogen and oxygen atoms in total. The third-order valence-corrected chi connectivity index (χ3v) is 15.2. The van der Waals surface area contributed by atoms with Crippen molar-refractivity contribution >= 4 is 71.2 Å². The highest BCUT2D eigenvalue weighted by Crippen LogP contribution is 2.40. The number of aliphatic hydroxyl groups excluding tert-OH is 1. The van der Waals surface area contributed by atoms with Gasteiger partial charge in [0.15, 0.2) is 23.0 Å². The lowest BCUT2D eigenvalue weighted by atomic mass is 9.94. The minimum absolute atomic E-state index is 0.00726. The molecular formula is C62H70N10O13. The van der Waals surface area contributed by atoms with Gasteiger partial charge >= 0.3 is 12.1 Å². The standard InChI is InChI=1S/C62H70N10O13/c1-37(2)56(69-55(74)19-23-73)58(76)68-48(14-9-20-64-61(63)79)57(75)67-43-17-15-38(16-18-43)36-85-62(80)70(21-24-83-53-30-49-46(28-51(53)81-3)59(77)71-34-41-12-7-5-10-39(41)26-44(71)32-65-49)22-25-84-54-31-50-47(29-52(54)82-4)60(78)72-35-42-13-8-6-11-40(42)27-45(72)33-66-50/h5-8,10-13,15-18,28-33,37,44-45,48,56,73H,9,14,19-27,34-36H2,1-4H3,(H,67,75)(H,68,76)(H,69,74)(H3,63,64,79)/t44-,45-,48-,56-/m0/s1. The first-order valence-electron chi connectivity index (χ1n) is 28.2. The second-order valence-corrected chi connectivity index (χ2v) is 21.2. The number of anilines is 1. The first-order chi connectivity index (χ1) is 41.1. The Morgan fingerprint density at radius 1 is 0.706 bits per heavy atom. The van der Waals surface area contributed by atoms with Crippen molar-refractivity contribution in [1.82, 2.24) is 30.7 Å². The predicted octanol–water partition coefficient (Wildman–Crippen LogP) is 5.76. The van der Waals surface area contributed by atoms with Gasteiger partial charge in [-0.15, -0.1) is 0 Å². The van der Waals surface area contributed by atoms with Crippen molar-refractivity contribution in [1.29, 1.82) is 0 Å². The summed E-state index contributed by atoms with van der Waals surface area (Å²) in [6.07, 6.45) is 4.28. The van der Waals surface area contributed by atoms with Gasteiger partial charge in [0.2, 0.25) is 17.7 Å². The number of fused-ring (bicyclic) bond motifs is 6. The number of nitrogens with one attached hydrogen (secondary N) is 4. The minimum atomic E-state index is -1.09. The lowest BCUT2D eigenvalue weighted by Gasteiger charge is -2.34. The number of aliphatic imine (C=N–C) groups is 2. The molecule has 4 heterocycles. The van der Waals surface area contributed by atoms with Crippen LogP contribution in [0.3, 0.4) is 0 Å². The van der Waals surface area contributed by atoms with Crippen LogP contribution in [0.2, 0.25) is 0 Å². The van der Waals surface area contributed by atoms with Crippen molar-refractivity contribution in [3.63, 3.8) is 0 Å². The molecule has 5 aromatic rings. The van der Waals surface area contributed by atoms with Crippen molar-refractivity contribution < 1.29 is 62.4 Å². The number of benzene rings is 5. The molecule has 9 rings (SSSR count). The average Bonchev–Trinajstić information content (AvgIpc) is 3.16. The van der Waals surface area contributed by atoms with Gasteiger partial charge in [-0.2, -0.15) is 0 Å². The van der Waals surface area contributed by atoms with E-state index in [4.69, 9.17) is 39.4 Å². The Labute approximate surface area is 491 Å². The molecule has 0 bridgehead atoms. The number of rotatable bonds is 24. The molecule has 8 amide bonds. The molecule has 23 heteroatoms. The Morgan fingerprint density at radius 3 is 1.73 bits per heavy atom. The van der Waals surface area contributed by atoms with E-state index in [1.54, 1.807) is 84.6 Å². The summed E-state index contributed by atoms with van der Waals surface area (Å²) in [7, 11) is 2.95. The molecule has 446 valence electrons. The largest absolute Gasteiger partial charge is 0.493 e. The average molecular weight is 1160 g/mol. The van der Waals surface area contributed by atoms with Gasteiger partial charge < -0.3 is 70.5 Å². The van der Waals surface area contributed by atoms with Gasteiger partial charge in [0.25, 0.3) is 11.8 Å². The SMILES string of the molecule is COc1cc2c(cc1OCCN(CCOc1cc3c(cc1OC)C(=O)N1Cc4ccccc4C[C@H]1C=N3)C(=O)OCc1ccc(NC(=O)[C@H](CCCNC(N)=O)NC(=O)[C@@H](NC(=O)CCO)C(C)C)cc1)N=C[C@@H]1Cc3ccccc3CN1C2=O. The molecule has 0 unspecified atom stereocenters. The van der Waals surface area contributed by atoms with Crippen LogP contribution < -0.4 is 45.9 Å². The Bertz CT molecular complexity index is 3220. The zero-order valence-corrected chi connectivity index (χ0v) is 47.8. The van der Waals surface area contributed by atoms with Crippen LogP contribution in [0.1, 0.15) is 81.6 Å². The highest BCUT2D eigenvalue weighted by molar-refractivity contribution is 6.05. The number of nitrogens with zero attached hydrogens (tertiary/aromatic N) is 5. The lowest BCUT2D eigenvalue weighted by molar-refractivity contribution is -0.132. The highest BCUT2D eigenvalue weighted by Gasteiger charge is 2.36. The monoisotopic (exact) mass is 1160 g/mol. The molecule has 7 N–H and O–H groups in total. The van der Waals surface area contributed by atoms with E-state index in [-0.39, 0.29) is 88.5 Å². The topological polar surface area (TPSA) is 294 Å². The van der Waals surface area contributed by atoms with E-state index in [9.17, 15) is 38.7 Å². The number of aliphatic hydroxyl groups is 1. The number of ether oxygens (including phenoxy) is 5. The van der Waals surface area contributed by atoms with Crippen molar-refractivity contribution in [3.8, 4) is 23.0 Å². The Balaban J connectivity index is 0.882. The smallest absolute Gasteiger partial charge is 0.410 e. The van der Waals surface area contributed by atoms with E-state index < -0.39 is 48.5 Å². The van der Waals surface area contributed by atoms with E-state index >= 15 is 0 Å². The zero-order valence-electron chi connectivity index (χ0n) is 47.8. The first-order valence-corrected chi connectivity index (χ1v) is 28.2. The number of hydrogen-bond acceptors (Lipinski definition) is 15. The van der Waals surface area contributed by atoms with Gasteiger partial charge in [-0.3, -0.25) is 34.0 Å². The van der Waals surface area contributed by atoms with Crippen LogP contribution in [0.15, 0.2) is 107 Å². The van der Waals surface area contributed by atoms with Gasteiger partial charge in [0.1, 0.15) is 31.9 Å². The van der Waals surface area contributed by atoms with Gasteiger partial charge in [-0.1, -0.05) is 74.5 Å². The predicted molar refractivity (Wildman–Crippen MR) is 315 cm³/mol. The quantitative estimate of drug-likeness (QED) is 0.0401. The number of carbonyl (C=O) groups is 7. The molecule has 85 heavy (non-hydrogen) atoms. The maximum Gasteiger partial charge on any atom is 0.410 e. The van der Waals surface area contributed by atoms with E-state index in [1.165, 1.54) is 19.1 Å². The van der Waals surface area contributed by atoms with E-state index in [0.717, 1.165) is 22.3 Å². The molecule has 0 spiro atoms. The highest BCUT2D eigenvalue weighted by atomic mass is 16.6. The lowest BCUT2D eigenvalue weighted by Crippen LogP contribution is -2.54. The third kappa shape index (κ3) is 14.6. The van der Waals surface area contributed by atoms with E-state index in [1.807, 2.05) is 36.4 Å². The summed E-state index contributed by atoms with van der Waals surface area (Å²) in [4.78, 5) is 108. The summed E-state index contributed by atoms with van der Waals surface area (Å²) in [6, 6.07) is 25.8. The summed E-state index contributed by atoms with van der Waals surface area (Å²) in [5.74, 6) is -1.26. The normalized spacial score (nSPS) is 16.1. The maximum absolute atomic E-state index is 14.2. The fourth-order valence-electron chi connectivity index (χ4n) is 10.6. The summed E-state index contributed by atoms with van der Waals surface area (Å²) in [6.45, 7) is 3.76. The molecule has 0 fully saturated rings. The van der Waals surface area contributed by atoms with Crippen LogP contribution in [0.5, 0.6) is 23.0 Å². The van der Waals surface area contributed by atoms with Crippen molar-refractivity contribution in [2.24, 2.45) is 21.6 Å². The Hall–Kier alpha value is -9.51. The number of amides is 8. The van der Waals surface area contributed by atoms with Crippen LogP contribution in [0.25, 0.3) is 0 Å². The molecule has 0 aliphatic carbocycles. The van der Waals surface area contributed by atoms with E-state index in [2.05, 4.69) is 33.4 Å². The number of methoxy groups -OCH3 is 2. The van der Waals surface area contributed by atoms with Gasteiger partial charge in [-0.25, -0.2) is 9.59 Å². The van der Waals surface area contributed by atoms with Crippen LogP contribution in [-0.4, -0.2) is 152 Å². The fourth-order valence-corrected chi connectivity index (χ4v) is 10.6. The van der Waals surface area contributed by atoms with Crippen molar-refractivity contribution in [2.45, 2.75) is 89.8 Å². The second-order valence-electron chi connectivity index (χ2n) is 21.2. The number of carbonyl (C=O) groups excluding carboxylic acids is 7. The van der Waals surface area contributed by atoms with Gasteiger partial charge in [0.05, 0.1) is 68.5 Å². The summed E-state index contributed by atoms with van der Waals surface area (Å²) >= 11 is 0. The summed E-state index contributed by atoms with van der Waals surface area (Å²) in [5, 5.41) is 19.8. The third-order valence-electron chi connectivity index (χ3n) is 15.2. The zero-order chi connectivity index (χ0) is 60.1. The molecule has 0 saturated heterocycles. The number of primary amides is 1. The molecule has 0 radical (unpaired) electrons. The van der Waals surface area contributed by atoms with Crippen LogP contribution in [-0.2, 0) is 51.7 Å². The van der Waals surface area contributed by atoms with Gasteiger partial charge in [0, 0.05) is 56.3 Å². The number of hydrogen-bond donors (Lipinski definition) is 6. The molecule has 0 aromatic heterocycles. The molecule has 4 aliphatic heterocycles. The van der Waals surface area contributed by atoms with E-state index in [0.29, 0.717) is 82.7 Å². The van der Waals surface area contributed by atoms with Crippen LogP contribution in [0.4, 0.5) is 26.7 Å². The fraction of sp³-hybridized carbons (Fsp3) is 0.371. The summed E-state index contributed by atoms with van der Waals surface area (Å²) < 4.78 is 30.0. The number of urea groups is 1. The number of nitrogens with two attached hydrogens (primary N) is 1. The molecule has 5 aromatic carbocycles. The van der Waals surface area contributed by atoms with Gasteiger partial charge in [-0.05, 0) is 83.7 Å². The Morgan fingerprint density at radius 2 is 1.24 bits per heavy atom. The van der Waals surface area contributed by atoms with Crippen molar-refractivity contribution in [3.05, 3.63) is 136 Å². The molecule has 4 aliphatic rings. The molecular weight excluding hydrogens is 1090 g/mol. The maximum atomic E-state index is 14.2.